The maximum absolute atomic E-state index is 13.2. The molecule has 4 rings (SSSR count). The Kier molecular flexibility index (Phi) is 7.16. The summed E-state index contributed by atoms with van der Waals surface area (Å²) in [5, 5.41) is 23.3. The molecule has 1 heterocycles. The van der Waals surface area contributed by atoms with Crippen LogP contribution >= 0.6 is 0 Å². The van der Waals surface area contributed by atoms with Crippen LogP contribution in [0.15, 0.2) is 35.9 Å². The maximum atomic E-state index is 13.2. The number of nitrogens with one attached hydrogen (secondary N) is 1. The van der Waals surface area contributed by atoms with Crippen molar-refractivity contribution in [1.29, 1.82) is 0 Å². The van der Waals surface area contributed by atoms with Gasteiger partial charge >= 0.3 is 0 Å². The van der Waals surface area contributed by atoms with Gasteiger partial charge < -0.3 is 25.2 Å². The maximum Gasteiger partial charge on any atom is 0.247 e. The molecule has 0 bridgehead atoms. The van der Waals surface area contributed by atoms with Crippen LogP contribution in [0.1, 0.15) is 56.9 Å². The number of unbranched alkanes of at least 4 members (excludes halogenated alkanes) is 3. The van der Waals surface area contributed by atoms with E-state index in [1.807, 2.05) is 24.3 Å². The fraction of sp³-hybridized carbons (Fsp3) is 0.600. The van der Waals surface area contributed by atoms with E-state index in [1.165, 1.54) is 0 Å². The Morgan fingerprint density at radius 3 is 2.69 bits per heavy atom. The predicted octanol–water partition coefficient (Wildman–Crippen LogP) is 2.13. The van der Waals surface area contributed by atoms with Crippen LogP contribution < -0.4 is 10.1 Å². The normalized spacial score (nSPS) is 25.9. The number of para-hydroxylation sites is 1. The first-order valence-corrected chi connectivity index (χ1v) is 11.9. The van der Waals surface area contributed by atoms with Crippen molar-refractivity contribution >= 4 is 11.8 Å². The van der Waals surface area contributed by atoms with Crippen molar-refractivity contribution in [3.05, 3.63) is 41.5 Å². The Morgan fingerprint density at radius 1 is 1.19 bits per heavy atom. The molecular weight excluding hydrogens is 408 g/mol. The van der Waals surface area contributed by atoms with E-state index >= 15 is 0 Å². The van der Waals surface area contributed by atoms with E-state index in [9.17, 15) is 19.8 Å². The van der Waals surface area contributed by atoms with Crippen molar-refractivity contribution in [2.45, 2.75) is 69.6 Å². The molecule has 7 nitrogen and oxygen atoms in total. The number of hydrogen-bond donors (Lipinski definition) is 3. The van der Waals surface area contributed by atoms with Gasteiger partial charge in [0.2, 0.25) is 11.8 Å². The number of fused-ring (bicyclic) bond motifs is 3. The number of aliphatic hydroxyl groups is 2. The number of carbonyl (C=O) groups is 2. The summed E-state index contributed by atoms with van der Waals surface area (Å²) < 4.78 is 6.13. The third-order valence-electron chi connectivity index (χ3n) is 6.70. The average molecular weight is 443 g/mol. The largest absolute Gasteiger partial charge is 0.486 e. The van der Waals surface area contributed by atoms with E-state index in [-0.39, 0.29) is 30.9 Å². The second kappa shape index (κ2) is 10.0. The molecule has 2 aliphatic carbocycles. The first kappa shape index (κ1) is 22.8. The molecule has 2 amide bonds. The van der Waals surface area contributed by atoms with Crippen LogP contribution in [0.25, 0.3) is 0 Å². The van der Waals surface area contributed by atoms with E-state index in [1.54, 1.807) is 11.0 Å². The van der Waals surface area contributed by atoms with Crippen molar-refractivity contribution < 1.29 is 24.5 Å². The van der Waals surface area contributed by atoms with Crippen LogP contribution in [-0.4, -0.2) is 64.9 Å². The summed E-state index contributed by atoms with van der Waals surface area (Å²) in [6, 6.07) is 6.90. The zero-order chi connectivity index (χ0) is 22.7. The van der Waals surface area contributed by atoms with E-state index in [0.717, 1.165) is 44.1 Å². The van der Waals surface area contributed by atoms with Crippen molar-refractivity contribution in [3.63, 3.8) is 0 Å². The Morgan fingerprint density at radius 2 is 1.97 bits per heavy atom. The Bertz CT molecular complexity index is 866. The lowest BCUT2D eigenvalue weighted by Gasteiger charge is -2.41. The van der Waals surface area contributed by atoms with Crippen LogP contribution in [0.5, 0.6) is 5.75 Å². The highest BCUT2D eigenvalue weighted by Crippen LogP contribution is 2.47. The van der Waals surface area contributed by atoms with E-state index in [2.05, 4.69) is 12.2 Å². The van der Waals surface area contributed by atoms with Crippen LogP contribution in [0.3, 0.4) is 0 Å². The molecule has 0 radical (unpaired) electrons. The molecule has 1 fully saturated rings. The number of nitrogens with zero attached hydrogens (tertiary/aromatic N) is 1. The molecule has 0 aromatic heterocycles. The minimum Gasteiger partial charge on any atom is -0.486 e. The molecule has 1 aromatic carbocycles. The van der Waals surface area contributed by atoms with E-state index in [4.69, 9.17) is 4.74 Å². The number of ether oxygens (including phenoxy) is 1. The number of hydrogen-bond acceptors (Lipinski definition) is 5. The van der Waals surface area contributed by atoms with Crippen molar-refractivity contribution in [2.24, 2.45) is 5.92 Å². The Labute approximate surface area is 189 Å². The average Bonchev–Trinajstić information content (AvgIpc) is 3.58. The minimum atomic E-state index is -0.935. The van der Waals surface area contributed by atoms with Crippen LogP contribution in [-0.2, 0) is 9.59 Å². The van der Waals surface area contributed by atoms with Gasteiger partial charge in [0.05, 0.1) is 18.6 Å². The molecule has 0 spiro atoms. The number of benzene rings is 1. The summed E-state index contributed by atoms with van der Waals surface area (Å²) in [6.45, 7) is 2.69. The highest BCUT2D eigenvalue weighted by atomic mass is 16.5. The van der Waals surface area contributed by atoms with Gasteiger partial charge in [-0.15, -0.1) is 0 Å². The lowest BCUT2D eigenvalue weighted by atomic mass is 9.77. The highest BCUT2D eigenvalue weighted by molar-refractivity contribution is 5.96. The van der Waals surface area contributed by atoms with Gasteiger partial charge in [0, 0.05) is 30.1 Å². The first-order valence-electron chi connectivity index (χ1n) is 11.9. The summed E-state index contributed by atoms with van der Waals surface area (Å²) in [5.74, 6) is 0.0370. The molecule has 4 unspecified atom stereocenters. The summed E-state index contributed by atoms with van der Waals surface area (Å²) in [6.07, 6.45) is 6.06. The van der Waals surface area contributed by atoms with Crippen molar-refractivity contribution in [2.75, 3.05) is 19.7 Å². The Balaban J connectivity index is 1.66. The second-order valence-corrected chi connectivity index (χ2v) is 9.05. The zero-order valence-corrected chi connectivity index (χ0v) is 18.7. The van der Waals surface area contributed by atoms with Gasteiger partial charge in [-0.2, -0.15) is 0 Å². The van der Waals surface area contributed by atoms with Gasteiger partial charge in [-0.25, -0.2) is 0 Å². The zero-order valence-electron chi connectivity index (χ0n) is 18.7. The molecule has 32 heavy (non-hydrogen) atoms. The molecule has 3 N–H and O–H groups in total. The molecule has 7 heteroatoms. The molecule has 0 saturated heterocycles. The van der Waals surface area contributed by atoms with Crippen LogP contribution in [0, 0.1) is 5.92 Å². The first-order chi connectivity index (χ1) is 15.6. The standard InChI is InChI=1S/C25H34N2O5/c1-2-3-4-7-13-27(25(31)16-10-11-16)19-15-18(24(30)26-12-14-28)21-17-8-5-6-9-20(17)32-23(21)22(19)29/h5-6,8-9,15-16,19,21-23,28-29H,2-4,7,10-14H2,1H3,(H,26,30). The lowest BCUT2D eigenvalue weighted by molar-refractivity contribution is -0.138. The SMILES string of the molecule is CCCCCCN(C(=O)C1CC1)C1C=C(C(=O)NCCO)C2c3ccccc3OC2C1O. The summed E-state index contributed by atoms with van der Waals surface area (Å²) in [5.41, 5.74) is 1.36. The van der Waals surface area contributed by atoms with E-state index in [0.29, 0.717) is 17.9 Å². The number of rotatable bonds is 10. The molecule has 1 aliphatic heterocycles. The van der Waals surface area contributed by atoms with E-state index < -0.39 is 24.2 Å². The lowest BCUT2D eigenvalue weighted by Crippen LogP contribution is -2.56. The quantitative estimate of drug-likeness (QED) is 0.482. The second-order valence-electron chi connectivity index (χ2n) is 9.05. The highest BCUT2D eigenvalue weighted by Gasteiger charge is 2.51. The molecule has 1 aromatic rings. The molecule has 174 valence electrons. The van der Waals surface area contributed by atoms with Crippen molar-refractivity contribution in [1.82, 2.24) is 10.2 Å². The Hall–Kier alpha value is -2.38. The van der Waals surface area contributed by atoms with Crippen LogP contribution in [0.4, 0.5) is 0 Å². The summed E-state index contributed by atoms with van der Waals surface area (Å²) >= 11 is 0. The van der Waals surface area contributed by atoms with Gasteiger partial charge in [0.15, 0.2) is 0 Å². The smallest absolute Gasteiger partial charge is 0.247 e. The van der Waals surface area contributed by atoms with Gasteiger partial charge in [-0.05, 0) is 31.4 Å². The third-order valence-corrected chi connectivity index (χ3v) is 6.70. The molecule has 3 aliphatic rings. The molecular formula is C25H34N2O5. The fourth-order valence-corrected chi connectivity index (χ4v) is 4.87. The monoisotopic (exact) mass is 442 g/mol. The van der Waals surface area contributed by atoms with Gasteiger partial charge in [0.1, 0.15) is 18.0 Å². The summed E-state index contributed by atoms with van der Waals surface area (Å²) in [4.78, 5) is 28.0. The number of amides is 2. The van der Waals surface area contributed by atoms with Gasteiger partial charge in [0.25, 0.3) is 0 Å². The topological polar surface area (TPSA) is 99.1 Å². The number of aliphatic hydroxyl groups excluding tert-OH is 2. The predicted molar refractivity (Wildman–Crippen MR) is 120 cm³/mol. The van der Waals surface area contributed by atoms with Crippen molar-refractivity contribution in [3.8, 4) is 5.75 Å². The van der Waals surface area contributed by atoms with Crippen LogP contribution in [0.2, 0.25) is 0 Å². The summed E-state index contributed by atoms with van der Waals surface area (Å²) in [7, 11) is 0. The minimum absolute atomic E-state index is 0.0212. The fourth-order valence-electron chi connectivity index (χ4n) is 4.87. The van der Waals surface area contributed by atoms with Gasteiger partial charge in [-0.1, -0.05) is 44.4 Å². The molecule has 4 atom stereocenters. The van der Waals surface area contributed by atoms with Gasteiger partial charge in [-0.3, -0.25) is 9.59 Å². The number of carbonyl (C=O) groups excluding carboxylic acids is 2. The molecule has 1 saturated carbocycles. The third kappa shape index (κ3) is 4.55.